The molecule has 196 valence electrons. The Morgan fingerprint density at radius 2 is 2.05 bits per heavy atom. The summed E-state index contributed by atoms with van der Waals surface area (Å²) in [5.74, 6) is 0.148. The first kappa shape index (κ1) is 27.9. The van der Waals surface area contributed by atoms with Crippen LogP contribution in [0.5, 0.6) is 11.5 Å². The second-order valence-electron chi connectivity index (χ2n) is 9.03. The van der Waals surface area contributed by atoms with Crippen LogP contribution in [0.25, 0.3) is 0 Å². The van der Waals surface area contributed by atoms with Crippen LogP contribution in [-0.4, -0.2) is 52.6 Å². The van der Waals surface area contributed by atoms with Crippen molar-refractivity contribution in [2.75, 3.05) is 13.2 Å². The number of nitriles is 1. The van der Waals surface area contributed by atoms with E-state index in [9.17, 15) is 20.0 Å². The molecule has 2 aromatic carbocycles. The smallest absolute Gasteiger partial charge is 0.258 e. The van der Waals surface area contributed by atoms with Gasteiger partial charge in [0, 0.05) is 36.0 Å². The minimum absolute atomic E-state index is 0.106. The van der Waals surface area contributed by atoms with Crippen molar-refractivity contribution in [1.82, 2.24) is 15.8 Å². The number of rotatable bonds is 11. The lowest BCUT2D eigenvalue weighted by Crippen LogP contribution is -2.57. The number of halogens is 1. The number of aliphatic hydroxyl groups excluding tert-OH is 1. The summed E-state index contributed by atoms with van der Waals surface area (Å²) in [6, 6.07) is 13.8. The van der Waals surface area contributed by atoms with E-state index in [1.807, 2.05) is 18.2 Å². The summed E-state index contributed by atoms with van der Waals surface area (Å²) in [4.78, 5) is 30.0. The van der Waals surface area contributed by atoms with E-state index in [4.69, 9.17) is 21.2 Å². The molecule has 1 unspecified atom stereocenters. The summed E-state index contributed by atoms with van der Waals surface area (Å²) >= 11 is 6.07. The van der Waals surface area contributed by atoms with Gasteiger partial charge in [-0.25, -0.2) is 5.43 Å². The van der Waals surface area contributed by atoms with E-state index < -0.39 is 11.8 Å². The number of nitrogens with zero attached hydrogens (tertiary/aromatic N) is 3. The Morgan fingerprint density at radius 3 is 2.73 bits per heavy atom. The van der Waals surface area contributed by atoms with Gasteiger partial charge >= 0.3 is 0 Å². The van der Waals surface area contributed by atoms with Gasteiger partial charge in [-0.15, -0.1) is 5.06 Å². The molecule has 2 amide bonds. The highest BCUT2D eigenvalue weighted by molar-refractivity contribution is 6.30. The normalized spacial score (nSPS) is 14.3. The molecule has 11 heteroatoms. The van der Waals surface area contributed by atoms with E-state index in [0.29, 0.717) is 41.3 Å². The molecule has 2 aromatic rings. The molecule has 1 heterocycles. The van der Waals surface area contributed by atoms with Crippen molar-refractivity contribution in [2.45, 2.75) is 51.8 Å². The molecule has 0 saturated heterocycles. The molecule has 1 aliphatic rings. The van der Waals surface area contributed by atoms with Crippen LogP contribution < -0.4 is 20.3 Å². The number of nitrogens with one attached hydrogen (secondary N) is 2. The minimum Gasteiger partial charge on any atom is -0.483 e. The van der Waals surface area contributed by atoms with Gasteiger partial charge in [-0.3, -0.25) is 9.59 Å². The zero-order chi connectivity index (χ0) is 27.0. The van der Waals surface area contributed by atoms with E-state index in [-0.39, 0.29) is 36.3 Å². The SMILES string of the molecule is CCC(O)N(Oc1cc(Cl)ccc1C#N)C(C)(C)CNC(=O)COc1ccccc1C1=NNC(=O)CC1. The van der Waals surface area contributed by atoms with Crippen molar-refractivity contribution in [1.29, 1.82) is 5.26 Å². The maximum absolute atomic E-state index is 12.7. The lowest BCUT2D eigenvalue weighted by molar-refractivity contribution is -0.224. The van der Waals surface area contributed by atoms with Gasteiger partial charge < -0.3 is 20.0 Å². The molecule has 0 spiro atoms. The first-order valence-electron chi connectivity index (χ1n) is 11.8. The van der Waals surface area contributed by atoms with Crippen molar-refractivity contribution >= 4 is 29.1 Å². The Bertz CT molecular complexity index is 1210. The van der Waals surface area contributed by atoms with Crippen LogP contribution in [0.15, 0.2) is 47.6 Å². The number of ether oxygens (including phenoxy) is 1. The molecule has 1 atom stereocenters. The lowest BCUT2D eigenvalue weighted by atomic mass is 10.0. The van der Waals surface area contributed by atoms with Gasteiger partial charge in [-0.2, -0.15) is 10.4 Å². The van der Waals surface area contributed by atoms with E-state index in [2.05, 4.69) is 15.8 Å². The van der Waals surface area contributed by atoms with Gasteiger partial charge in [0.1, 0.15) is 18.0 Å². The molecule has 37 heavy (non-hydrogen) atoms. The first-order valence-corrected chi connectivity index (χ1v) is 12.2. The third-order valence-electron chi connectivity index (χ3n) is 5.67. The third kappa shape index (κ3) is 7.43. The Labute approximate surface area is 220 Å². The van der Waals surface area contributed by atoms with Crippen molar-refractivity contribution in [3.8, 4) is 17.6 Å². The van der Waals surface area contributed by atoms with E-state index >= 15 is 0 Å². The van der Waals surface area contributed by atoms with Gasteiger partial charge in [-0.05, 0) is 44.5 Å². The fraction of sp³-hybridized carbons (Fsp3) is 0.385. The Kier molecular flexibility index (Phi) is 9.47. The monoisotopic (exact) mass is 527 g/mol. The summed E-state index contributed by atoms with van der Waals surface area (Å²) in [5, 5.41) is 28.7. The topological polar surface area (TPSA) is 136 Å². The number of benzene rings is 2. The molecule has 0 fully saturated rings. The highest BCUT2D eigenvalue weighted by atomic mass is 35.5. The van der Waals surface area contributed by atoms with E-state index in [1.54, 1.807) is 39.0 Å². The van der Waals surface area contributed by atoms with Gasteiger partial charge in [0.25, 0.3) is 5.91 Å². The van der Waals surface area contributed by atoms with E-state index in [1.165, 1.54) is 17.2 Å². The third-order valence-corrected chi connectivity index (χ3v) is 5.91. The number of hydrogen-bond donors (Lipinski definition) is 3. The largest absolute Gasteiger partial charge is 0.483 e. The summed E-state index contributed by atoms with van der Waals surface area (Å²) in [6.45, 7) is 5.21. The van der Waals surface area contributed by atoms with Crippen molar-refractivity contribution in [2.24, 2.45) is 5.10 Å². The lowest BCUT2D eigenvalue weighted by Gasteiger charge is -2.40. The predicted molar refractivity (Wildman–Crippen MR) is 138 cm³/mol. The molecule has 0 bridgehead atoms. The zero-order valence-corrected chi connectivity index (χ0v) is 21.7. The summed E-state index contributed by atoms with van der Waals surface area (Å²) < 4.78 is 5.76. The quantitative estimate of drug-likeness (QED) is 0.301. The molecule has 0 aromatic heterocycles. The number of hydrazone groups is 1. The Balaban J connectivity index is 1.65. The van der Waals surface area contributed by atoms with Crippen LogP contribution in [0.2, 0.25) is 5.02 Å². The van der Waals surface area contributed by atoms with Crippen LogP contribution >= 0.6 is 11.6 Å². The fourth-order valence-corrected chi connectivity index (χ4v) is 3.77. The Morgan fingerprint density at radius 1 is 1.30 bits per heavy atom. The molecule has 3 rings (SSSR count). The number of hydroxylamine groups is 2. The van der Waals surface area contributed by atoms with Gasteiger partial charge in [0.05, 0.1) is 16.8 Å². The van der Waals surface area contributed by atoms with Gasteiger partial charge in [0.2, 0.25) is 5.91 Å². The second kappa shape index (κ2) is 12.5. The second-order valence-corrected chi connectivity index (χ2v) is 9.46. The number of para-hydroxylation sites is 1. The molecule has 3 N–H and O–H groups in total. The predicted octanol–water partition coefficient (Wildman–Crippen LogP) is 3.12. The number of carbonyl (C=O) groups is 2. The molecule has 1 aliphatic heterocycles. The highest BCUT2D eigenvalue weighted by Crippen LogP contribution is 2.28. The number of aliphatic hydroxyl groups is 1. The molecular formula is C26H30ClN5O5. The van der Waals surface area contributed by atoms with Crippen LogP contribution in [0.1, 0.15) is 51.2 Å². The molecule has 10 nitrogen and oxygen atoms in total. The average Bonchev–Trinajstić information content (AvgIpc) is 2.89. The maximum Gasteiger partial charge on any atom is 0.258 e. The van der Waals surface area contributed by atoms with Crippen LogP contribution in [-0.2, 0) is 9.59 Å². The minimum atomic E-state index is -1.02. The molecular weight excluding hydrogens is 498 g/mol. The standard InChI is InChI=1S/C26H30ClN5O5/c1-4-25(35)32(37-22-13-18(27)10-9-17(22)14-28)26(2,3)16-29-24(34)15-36-21-8-6-5-7-19(21)20-11-12-23(33)31-30-20/h5-10,13,25,35H,4,11-12,15-16H2,1-3H3,(H,29,34)(H,31,33). The van der Waals surface area contributed by atoms with Crippen molar-refractivity contribution < 1.29 is 24.3 Å². The first-order chi connectivity index (χ1) is 17.6. The fourth-order valence-electron chi connectivity index (χ4n) is 3.61. The summed E-state index contributed by atoms with van der Waals surface area (Å²) in [5.41, 5.74) is 3.22. The molecule has 0 radical (unpaired) electrons. The van der Waals surface area contributed by atoms with Gasteiger partial charge in [0.15, 0.2) is 12.4 Å². The van der Waals surface area contributed by atoms with Crippen LogP contribution in [0.3, 0.4) is 0 Å². The number of carbonyl (C=O) groups excluding carboxylic acids is 2. The molecule has 0 saturated carbocycles. The van der Waals surface area contributed by atoms with Crippen molar-refractivity contribution in [3.63, 3.8) is 0 Å². The average molecular weight is 528 g/mol. The summed E-state index contributed by atoms with van der Waals surface area (Å²) in [7, 11) is 0. The van der Waals surface area contributed by atoms with E-state index in [0.717, 1.165) is 0 Å². The van der Waals surface area contributed by atoms with Crippen LogP contribution in [0.4, 0.5) is 0 Å². The highest BCUT2D eigenvalue weighted by Gasteiger charge is 2.35. The Hall–Kier alpha value is -3.65. The van der Waals surface area contributed by atoms with Gasteiger partial charge in [-0.1, -0.05) is 30.7 Å². The zero-order valence-electron chi connectivity index (χ0n) is 21.0. The van der Waals surface area contributed by atoms with Crippen LogP contribution in [0, 0.1) is 11.3 Å². The molecule has 0 aliphatic carbocycles. The number of amides is 2. The maximum atomic E-state index is 12.7. The number of hydrogen-bond acceptors (Lipinski definition) is 8. The van der Waals surface area contributed by atoms with Crippen molar-refractivity contribution in [3.05, 3.63) is 58.6 Å². The summed E-state index contributed by atoms with van der Waals surface area (Å²) in [6.07, 6.45) is 0.125.